The molecule has 2 aromatic carbocycles. The quantitative estimate of drug-likeness (QED) is 0.633. The minimum Gasteiger partial charge on any atom is -0.375 e. The van der Waals surface area contributed by atoms with Crippen molar-refractivity contribution in [2.75, 3.05) is 11.4 Å². The van der Waals surface area contributed by atoms with Crippen LogP contribution in [0.25, 0.3) is 0 Å². The predicted molar refractivity (Wildman–Crippen MR) is 96.0 cm³/mol. The van der Waals surface area contributed by atoms with Crippen LogP contribution in [0.3, 0.4) is 0 Å². The summed E-state index contributed by atoms with van der Waals surface area (Å²) in [4.78, 5) is 26.8. The Balaban J connectivity index is 2.03. The van der Waals surface area contributed by atoms with Crippen LogP contribution in [0.4, 0.5) is 5.69 Å². The molecular weight excluding hydrogens is 370 g/mol. The number of aliphatic hydroxyl groups is 1. The summed E-state index contributed by atoms with van der Waals surface area (Å²) in [5, 5.41) is 11.1. The van der Waals surface area contributed by atoms with E-state index in [1.807, 2.05) is 6.07 Å². The van der Waals surface area contributed by atoms with E-state index in [0.29, 0.717) is 16.8 Å². The van der Waals surface area contributed by atoms with Gasteiger partial charge >= 0.3 is 0 Å². The van der Waals surface area contributed by atoms with Gasteiger partial charge in [-0.15, -0.1) is 6.58 Å². The minimum atomic E-state index is -1.87. The van der Waals surface area contributed by atoms with Gasteiger partial charge in [-0.25, -0.2) is 0 Å². The summed E-state index contributed by atoms with van der Waals surface area (Å²) in [5.41, 5.74) is -0.355. The van der Waals surface area contributed by atoms with Crippen LogP contribution >= 0.6 is 15.9 Å². The SMILES string of the molecule is C=CCN1C(=O)[C@@](O)(CC(=O)c2ccccc2)c2cc(Br)ccc21. The molecule has 0 aromatic heterocycles. The number of Topliss-reactive ketones (excluding diaryl/α,β-unsaturated/α-hetero) is 1. The number of carbonyl (C=O) groups is 2. The fourth-order valence-corrected chi connectivity index (χ4v) is 3.32. The highest BCUT2D eigenvalue weighted by Crippen LogP contribution is 2.44. The monoisotopic (exact) mass is 385 g/mol. The molecule has 24 heavy (non-hydrogen) atoms. The predicted octanol–water partition coefficient (Wildman–Crippen LogP) is 3.44. The van der Waals surface area contributed by atoms with Crippen molar-refractivity contribution in [3.63, 3.8) is 0 Å². The second-order valence-corrected chi connectivity index (χ2v) is 6.61. The minimum absolute atomic E-state index is 0.273. The molecule has 0 radical (unpaired) electrons. The molecule has 0 aliphatic carbocycles. The Morgan fingerprint density at radius 2 is 1.96 bits per heavy atom. The molecule has 1 amide bonds. The average Bonchev–Trinajstić information content (AvgIpc) is 2.78. The third kappa shape index (κ3) is 2.70. The highest BCUT2D eigenvalue weighted by atomic mass is 79.9. The first-order chi connectivity index (χ1) is 11.5. The van der Waals surface area contributed by atoms with E-state index in [0.717, 1.165) is 4.47 Å². The van der Waals surface area contributed by atoms with Gasteiger partial charge in [-0.05, 0) is 18.2 Å². The summed E-state index contributed by atoms with van der Waals surface area (Å²) in [6.07, 6.45) is 1.29. The fourth-order valence-electron chi connectivity index (χ4n) is 2.96. The lowest BCUT2D eigenvalue weighted by Gasteiger charge is -2.22. The van der Waals surface area contributed by atoms with Crippen LogP contribution in [-0.2, 0) is 10.4 Å². The molecule has 5 heteroatoms. The maximum Gasteiger partial charge on any atom is 0.264 e. The zero-order valence-corrected chi connectivity index (χ0v) is 14.5. The summed E-state index contributed by atoms with van der Waals surface area (Å²) in [6, 6.07) is 13.9. The summed E-state index contributed by atoms with van der Waals surface area (Å²) >= 11 is 3.36. The van der Waals surface area contributed by atoms with E-state index in [1.54, 1.807) is 48.5 Å². The van der Waals surface area contributed by atoms with E-state index in [1.165, 1.54) is 4.90 Å². The molecule has 1 heterocycles. The normalized spacial score (nSPS) is 19.2. The maximum absolute atomic E-state index is 12.8. The van der Waals surface area contributed by atoms with E-state index in [9.17, 15) is 14.7 Å². The Hall–Kier alpha value is -2.24. The molecule has 0 saturated carbocycles. The zero-order valence-electron chi connectivity index (χ0n) is 12.9. The highest BCUT2D eigenvalue weighted by Gasteiger charge is 2.50. The van der Waals surface area contributed by atoms with Gasteiger partial charge in [0, 0.05) is 22.1 Å². The lowest BCUT2D eigenvalue weighted by molar-refractivity contribution is -0.135. The molecule has 1 N–H and O–H groups in total. The average molecular weight is 386 g/mol. The number of rotatable bonds is 5. The number of anilines is 1. The number of halogens is 1. The topological polar surface area (TPSA) is 57.6 Å². The van der Waals surface area contributed by atoms with E-state index in [4.69, 9.17) is 0 Å². The van der Waals surface area contributed by atoms with E-state index in [-0.39, 0.29) is 18.7 Å². The van der Waals surface area contributed by atoms with Crippen LogP contribution in [0.5, 0.6) is 0 Å². The number of hydrogen-bond donors (Lipinski definition) is 1. The molecule has 2 aromatic rings. The number of amides is 1. The third-order valence-corrected chi connectivity index (χ3v) is 4.61. The number of benzene rings is 2. The maximum atomic E-state index is 12.8. The van der Waals surface area contributed by atoms with Crippen molar-refractivity contribution in [1.29, 1.82) is 0 Å². The molecule has 3 rings (SSSR count). The van der Waals surface area contributed by atoms with Gasteiger partial charge in [-0.3, -0.25) is 9.59 Å². The Kier molecular flexibility index (Phi) is 4.39. The van der Waals surface area contributed by atoms with Crippen molar-refractivity contribution in [3.8, 4) is 0 Å². The molecule has 1 aliphatic rings. The lowest BCUT2D eigenvalue weighted by Crippen LogP contribution is -2.41. The molecule has 0 spiro atoms. The van der Waals surface area contributed by atoms with Crippen LogP contribution in [-0.4, -0.2) is 23.3 Å². The van der Waals surface area contributed by atoms with Gasteiger partial charge in [-0.2, -0.15) is 0 Å². The van der Waals surface area contributed by atoms with Gasteiger partial charge in [0.05, 0.1) is 12.1 Å². The molecular formula is C19H16BrNO3. The number of nitrogens with zero attached hydrogens (tertiary/aromatic N) is 1. The summed E-state index contributed by atoms with van der Waals surface area (Å²) in [7, 11) is 0. The van der Waals surface area contributed by atoms with Gasteiger partial charge in [0.15, 0.2) is 11.4 Å². The number of hydrogen-bond acceptors (Lipinski definition) is 3. The van der Waals surface area contributed by atoms with Gasteiger partial charge in [0.1, 0.15) is 0 Å². The van der Waals surface area contributed by atoms with Crippen molar-refractivity contribution in [1.82, 2.24) is 0 Å². The molecule has 1 aliphatic heterocycles. The first-order valence-corrected chi connectivity index (χ1v) is 8.30. The molecule has 0 fully saturated rings. The summed E-state index contributed by atoms with van der Waals surface area (Å²) in [6.45, 7) is 3.93. The Morgan fingerprint density at radius 1 is 1.25 bits per heavy atom. The van der Waals surface area contributed by atoms with Crippen molar-refractivity contribution >= 4 is 33.3 Å². The van der Waals surface area contributed by atoms with Gasteiger partial charge < -0.3 is 10.0 Å². The van der Waals surface area contributed by atoms with Crippen LogP contribution < -0.4 is 4.90 Å². The second kappa shape index (κ2) is 6.34. The number of fused-ring (bicyclic) bond motifs is 1. The second-order valence-electron chi connectivity index (χ2n) is 5.69. The van der Waals surface area contributed by atoms with E-state index < -0.39 is 11.5 Å². The standard InChI is InChI=1S/C19H16BrNO3/c1-2-10-21-16-9-8-14(20)11-15(16)19(24,18(21)23)12-17(22)13-6-4-3-5-7-13/h2-9,11,24H,1,10,12H2/t19-/m1/s1. The van der Waals surface area contributed by atoms with Crippen molar-refractivity contribution in [3.05, 3.63) is 76.8 Å². The van der Waals surface area contributed by atoms with Crippen LogP contribution in [0.1, 0.15) is 22.3 Å². The van der Waals surface area contributed by atoms with Gasteiger partial charge in [0.25, 0.3) is 5.91 Å². The Labute approximate surface area is 148 Å². The van der Waals surface area contributed by atoms with Crippen molar-refractivity contribution < 1.29 is 14.7 Å². The molecule has 122 valence electrons. The fraction of sp³-hybridized carbons (Fsp3) is 0.158. The lowest BCUT2D eigenvalue weighted by atomic mass is 9.88. The number of ketones is 1. The molecule has 0 unspecified atom stereocenters. The molecule has 0 saturated heterocycles. The Morgan fingerprint density at radius 3 is 2.62 bits per heavy atom. The van der Waals surface area contributed by atoms with E-state index >= 15 is 0 Å². The first kappa shape index (κ1) is 16.6. The van der Waals surface area contributed by atoms with Crippen LogP contribution in [0, 0.1) is 0 Å². The molecule has 0 bridgehead atoms. The zero-order chi connectivity index (χ0) is 17.3. The van der Waals surface area contributed by atoms with Crippen molar-refractivity contribution in [2.24, 2.45) is 0 Å². The molecule has 1 atom stereocenters. The van der Waals surface area contributed by atoms with Crippen molar-refractivity contribution in [2.45, 2.75) is 12.0 Å². The van der Waals surface area contributed by atoms with Crippen LogP contribution in [0.2, 0.25) is 0 Å². The molecule has 4 nitrogen and oxygen atoms in total. The van der Waals surface area contributed by atoms with Crippen LogP contribution in [0.15, 0.2) is 65.7 Å². The Bertz CT molecular complexity index is 819. The van der Waals surface area contributed by atoms with Gasteiger partial charge in [0.2, 0.25) is 0 Å². The third-order valence-electron chi connectivity index (χ3n) is 4.12. The summed E-state index contributed by atoms with van der Waals surface area (Å²) in [5.74, 6) is -0.780. The highest BCUT2D eigenvalue weighted by molar-refractivity contribution is 9.10. The largest absolute Gasteiger partial charge is 0.375 e. The van der Waals surface area contributed by atoms with E-state index in [2.05, 4.69) is 22.5 Å². The first-order valence-electron chi connectivity index (χ1n) is 7.51. The number of carbonyl (C=O) groups excluding carboxylic acids is 2. The smallest absolute Gasteiger partial charge is 0.264 e. The summed E-state index contributed by atoms with van der Waals surface area (Å²) < 4.78 is 0.736. The van der Waals surface area contributed by atoms with Gasteiger partial charge in [-0.1, -0.05) is 52.3 Å².